The van der Waals surface area contributed by atoms with Gasteiger partial charge in [-0.25, -0.2) is 0 Å². The minimum atomic E-state index is -0.0430. The summed E-state index contributed by atoms with van der Waals surface area (Å²) in [6.45, 7) is 3.14. The smallest absolute Gasteiger partial charge is 0.0716 e. The molecular weight excluding hydrogens is 312 g/mol. The molecule has 0 spiro atoms. The van der Waals surface area contributed by atoms with Crippen molar-refractivity contribution >= 4 is 0 Å². The number of hydrogen-bond acceptors (Lipinski definition) is 6. The Morgan fingerprint density at radius 1 is 0.667 bits per heavy atom. The van der Waals surface area contributed by atoms with E-state index in [0.717, 1.165) is 32.1 Å². The third-order valence-corrected chi connectivity index (χ3v) is 5.70. The SMILES string of the molecule is OCCOCCOC12CC3CC(C1)CC(OCCOCCO)(C3)C2. The molecule has 4 aliphatic carbocycles. The van der Waals surface area contributed by atoms with Gasteiger partial charge in [-0.1, -0.05) is 0 Å². The molecule has 4 fully saturated rings. The fourth-order valence-corrected chi connectivity index (χ4v) is 5.40. The maximum absolute atomic E-state index is 8.76. The summed E-state index contributed by atoms with van der Waals surface area (Å²) in [5.41, 5.74) is -0.0861. The third-order valence-electron chi connectivity index (χ3n) is 5.70. The van der Waals surface area contributed by atoms with Gasteiger partial charge in [-0.15, -0.1) is 0 Å². The summed E-state index contributed by atoms with van der Waals surface area (Å²) >= 11 is 0. The average molecular weight is 344 g/mol. The van der Waals surface area contributed by atoms with E-state index < -0.39 is 0 Å². The van der Waals surface area contributed by atoms with Crippen molar-refractivity contribution in [3.8, 4) is 0 Å². The van der Waals surface area contributed by atoms with Crippen molar-refractivity contribution < 1.29 is 29.2 Å². The van der Waals surface area contributed by atoms with Gasteiger partial charge in [0.15, 0.2) is 0 Å². The van der Waals surface area contributed by atoms with Gasteiger partial charge in [0.1, 0.15) is 0 Å². The molecule has 0 aromatic heterocycles. The molecule has 4 saturated carbocycles. The number of hydrogen-bond donors (Lipinski definition) is 2. The Hall–Kier alpha value is -0.240. The Kier molecular flexibility index (Phi) is 6.51. The predicted molar refractivity (Wildman–Crippen MR) is 87.9 cm³/mol. The highest BCUT2D eigenvalue weighted by Crippen LogP contribution is 2.60. The van der Waals surface area contributed by atoms with Gasteiger partial charge in [-0.3, -0.25) is 0 Å². The molecule has 0 aromatic rings. The van der Waals surface area contributed by atoms with Crippen molar-refractivity contribution in [2.45, 2.75) is 49.7 Å². The van der Waals surface area contributed by atoms with Gasteiger partial charge in [0.25, 0.3) is 0 Å². The Labute approximate surface area is 144 Å². The monoisotopic (exact) mass is 344 g/mol. The highest BCUT2D eigenvalue weighted by atomic mass is 16.6. The van der Waals surface area contributed by atoms with Crippen LogP contribution in [0, 0.1) is 11.8 Å². The topological polar surface area (TPSA) is 77.4 Å². The van der Waals surface area contributed by atoms with Crippen LogP contribution in [0.2, 0.25) is 0 Å². The van der Waals surface area contributed by atoms with E-state index in [4.69, 9.17) is 29.2 Å². The maximum Gasteiger partial charge on any atom is 0.0716 e. The van der Waals surface area contributed by atoms with Crippen LogP contribution >= 0.6 is 0 Å². The minimum absolute atomic E-state index is 0.0430. The van der Waals surface area contributed by atoms with Crippen molar-refractivity contribution in [2.24, 2.45) is 11.8 Å². The second-order valence-electron chi connectivity index (χ2n) is 7.70. The van der Waals surface area contributed by atoms with Gasteiger partial charge in [0, 0.05) is 6.42 Å². The van der Waals surface area contributed by atoms with Crippen molar-refractivity contribution in [1.82, 2.24) is 0 Å². The summed E-state index contributed by atoms with van der Waals surface area (Å²) in [6, 6.07) is 0. The second kappa shape index (κ2) is 8.43. The molecular formula is C18H32O6. The van der Waals surface area contributed by atoms with Crippen LogP contribution in [0.15, 0.2) is 0 Å². The molecule has 0 radical (unpaired) electrons. The largest absolute Gasteiger partial charge is 0.394 e. The van der Waals surface area contributed by atoms with Crippen LogP contribution in [-0.2, 0) is 18.9 Å². The molecule has 6 nitrogen and oxygen atoms in total. The Morgan fingerprint density at radius 2 is 1.12 bits per heavy atom. The number of rotatable bonds is 12. The molecule has 4 bridgehead atoms. The lowest BCUT2D eigenvalue weighted by Crippen LogP contribution is -2.61. The first kappa shape index (κ1) is 18.5. The number of aliphatic hydroxyl groups is 2. The first-order chi connectivity index (χ1) is 11.7. The molecule has 140 valence electrons. The molecule has 0 unspecified atom stereocenters. The molecule has 4 rings (SSSR count). The van der Waals surface area contributed by atoms with E-state index in [2.05, 4.69) is 0 Å². The zero-order valence-corrected chi connectivity index (χ0v) is 14.6. The van der Waals surface area contributed by atoms with Crippen LogP contribution in [0.4, 0.5) is 0 Å². The minimum Gasteiger partial charge on any atom is -0.394 e. The lowest BCUT2D eigenvalue weighted by molar-refractivity contribution is -0.241. The summed E-state index contributed by atoms with van der Waals surface area (Å²) in [5, 5.41) is 17.5. The lowest BCUT2D eigenvalue weighted by atomic mass is 9.52. The summed E-state index contributed by atoms with van der Waals surface area (Å²) < 4.78 is 23.3. The van der Waals surface area contributed by atoms with Crippen LogP contribution in [0.1, 0.15) is 38.5 Å². The first-order valence-corrected chi connectivity index (χ1v) is 9.34. The normalized spacial score (nSPS) is 37.2. The molecule has 0 amide bonds. The van der Waals surface area contributed by atoms with Crippen molar-refractivity contribution in [3.05, 3.63) is 0 Å². The van der Waals surface area contributed by atoms with Crippen molar-refractivity contribution in [1.29, 1.82) is 0 Å². The molecule has 2 N–H and O–H groups in total. The van der Waals surface area contributed by atoms with Gasteiger partial charge in [0.2, 0.25) is 0 Å². The van der Waals surface area contributed by atoms with Gasteiger partial charge >= 0.3 is 0 Å². The zero-order valence-electron chi connectivity index (χ0n) is 14.6. The van der Waals surface area contributed by atoms with Crippen LogP contribution < -0.4 is 0 Å². The van der Waals surface area contributed by atoms with E-state index in [-0.39, 0.29) is 24.4 Å². The molecule has 0 saturated heterocycles. The number of aliphatic hydroxyl groups excluding tert-OH is 2. The van der Waals surface area contributed by atoms with Gasteiger partial charge in [0.05, 0.1) is 64.1 Å². The average Bonchev–Trinajstić information content (AvgIpc) is 2.53. The zero-order chi connectivity index (χ0) is 16.9. The van der Waals surface area contributed by atoms with Crippen LogP contribution in [0.25, 0.3) is 0 Å². The summed E-state index contributed by atoms with van der Waals surface area (Å²) in [5.74, 6) is 1.42. The van der Waals surface area contributed by atoms with E-state index in [0.29, 0.717) is 51.5 Å². The Morgan fingerprint density at radius 3 is 1.54 bits per heavy atom. The lowest BCUT2D eigenvalue weighted by Gasteiger charge is -2.61. The fraction of sp³-hybridized carbons (Fsp3) is 1.00. The van der Waals surface area contributed by atoms with Gasteiger partial charge in [-0.2, -0.15) is 0 Å². The van der Waals surface area contributed by atoms with Crippen LogP contribution in [0.5, 0.6) is 0 Å². The number of ether oxygens (including phenoxy) is 4. The van der Waals surface area contributed by atoms with E-state index in [1.807, 2.05) is 0 Å². The van der Waals surface area contributed by atoms with E-state index in [9.17, 15) is 0 Å². The maximum atomic E-state index is 8.76. The quantitative estimate of drug-likeness (QED) is 0.517. The highest BCUT2D eigenvalue weighted by molar-refractivity contribution is 5.10. The standard InChI is InChI=1S/C18H32O6/c19-1-3-21-5-7-23-17-10-15-9-16(11-17)13-18(12-15,14-17)24-8-6-22-4-2-20/h15-16,19-20H,1-14H2. The highest BCUT2D eigenvalue weighted by Gasteiger charge is 2.59. The molecule has 0 atom stereocenters. The molecule has 0 heterocycles. The first-order valence-electron chi connectivity index (χ1n) is 9.34. The molecule has 0 aliphatic heterocycles. The molecule has 4 aliphatic rings. The van der Waals surface area contributed by atoms with Crippen LogP contribution in [-0.4, -0.2) is 74.3 Å². The van der Waals surface area contributed by atoms with E-state index in [1.165, 1.54) is 6.42 Å². The Balaban J connectivity index is 1.50. The van der Waals surface area contributed by atoms with E-state index in [1.54, 1.807) is 0 Å². The van der Waals surface area contributed by atoms with Crippen LogP contribution in [0.3, 0.4) is 0 Å². The summed E-state index contributed by atoms with van der Waals surface area (Å²) in [4.78, 5) is 0. The summed E-state index contributed by atoms with van der Waals surface area (Å²) in [6.07, 6.45) is 6.89. The van der Waals surface area contributed by atoms with Crippen molar-refractivity contribution in [3.63, 3.8) is 0 Å². The third kappa shape index (κ3) is 4.48. The fourth-order valence-electron chi connectivity index (χ4n) is 5.40. The molecule has 6 heteroatoms. The second-order valence-corrected chi connectivity index (χ2v) is 7.70. The van der Waals surface area contributed by atoms with Gasteiger partial charge in [-0.05, 0) is 43.9 Å². The summed E-state index contributed by atoms with van der Waals surface area (Å²) in [7, 11) is 0. The van der Waals surface area contributed by atoms with Crippen molar-refractivity contribution in [2.75, 3.05) is 52.9 Å². The van der Waals surface area contributed by atoms with Gasteiger partial charge < -0.3 is 29.2 Å². The molecule has 24 heavy (non-hydrogen) atoms. The Bertz CT molecular complexity index is 342. The predicted octanol–water partition coefficient (Wildman–Crippen LogP) is 1.13. The van der Waals surface area contributed by atoms with E-state index >= 15 is 0 Å². The molecule has 0 aromatic carbocycles.